The van der Waals surface area contributed by atoms with E-state index >= 15 is 0 Å². The fourth-order valence-corrected chi connectivity index (χ4v) is 4.21. The third-order valence-corrected chi connectivity index (χ3v) is 6.15. The number of imidazole rings is 1. The van der Waals surface area contributed by atoms with Crippen LogP contribution in [0.3, 0.4) is 0 Å². The van der Waals surface area contributed by atoms with Crippen molar-refractivity contribution >= 4 is 23.5 Å². The second kappa shape index (κ2) is 10.2. The lowest BCUT2D eigenvalue weighted by atomic mass is 10.1. The monoisotopic (exact) mass is 458 g/mol. The van der Waals surface area contributed by atoms with Crippen LogP contribution in [0.15, 0.2) is 77.7 Å². The molecule has 2 heterocycles. The van der Waals surface area contributed by atoms with Crippen LogP contribution in [-0.4, -0.2) is 20.4 Å². The number of hydrogen-bond donors (Lipinski definition) is 4. The maximum Gasteiger partial charge on any atom is 0.275 e. The lowest BCUT2D eigenvalue weighted by Gasteiger charge is -2.12. The van der Waals surface area contributed by atoms with Gasteiger partial charge in [-0.2, -0.15) is 0 Å². The summed E-state index contributed by atoms with van der Waals surface area (Å²) in [7, 11) is 0. The Morgan fingerprint density at radius 1 is 1.09 bits per heavy atom. The minimum Gasteiger partial charge on any atom is -0.384 e. The van der Waals surface area contributed by atoms with E-state index in [4.69, 9.17) is 11.1 Å². The smallest absolute Gasteiger partial charge is 0.275 e. The normalized spacial score (nSPS) is 10.8. The van der Waals surface area contributed by atoms with Gasteiger partial charge in [0.1, 0.15) is 17.3 Å². The number of nitrogens with one attached hydrogen (secondary N) is 3. The molecule has 0 unspecified atom stereocenters. The van der Waals surface area contributed by atoms with E-state index in [9.17, 15) is 4.79 Å². The Morgan fingerprint density at radius 2 is 1.85 bits per heavy atom. The maximum atomic E-state index is 13.0. The van der Waals surface area contributed by atoms with Crippen molar-refractivity contribution in [3.63, 3.8) is 0 Å². The fourth-order valence-electron chi connectivity index (χ4n) is 3.46. The van der Waals surface area contributed by atoms with Gasteiger partial charge >= 0.3 is 0 Å². The van der Waals surface area contributed by atoms with Crippen molar-refractivity contribution in [3.05, 3.63) is 117 Å². The Hall–Kier alpha value is -3.78. The van der Waals surface area contributed by atoms with Crippen LogP contribution < -0.4 is 16.0 Å². The van der Waals surface area contributed by atoms with Crippen LogP contribution in [0.5, 0.6) is 0 Å². The highest BCUT2D eigenvalue weighted by Gasteiger charge is 2.10. The predicted octanol–water partition coefficient (Wildman–Crippen LogP) is 4.06. The Balaban J connectivity index is 1.42. The summed E-state index contributed by atoms with van der Waals surface area (Å²) < 4.78 is 4.91. The van der Waals surface area contributed by atoms with Gasteiger partial charge in [-0.1, -0.05) is 54.6 Å². The first-order valence-electron chi connectivity index (χ1n) is 10.6. The van der Waals surface area contributed by atoms with Crippen molar-refractivity contribution in [2.24, 2.45) is 5.73 Å². The third-order valence-electron chi connectivity index (χ3n) is 5.30. The average molecular weight is 459 g/mol. The first-order chi connectivity index (χ1) is 16.0. The van der Waals surface area contributed by atoms with Gasteiger partial charge in [0, 0.05) is 35.3 Å². The number of H-pyrrole nitrogens is 1. The standard InChI is InChI=1S/C25H26N6OS/c1-17-7-12-22(30-33-16-19-5-3-2-4-6-19)25(32)31(17)15-23-28-14-21(29-23)13-18-8-10-20(11-9-18)24(26)27/h2-12,14,30H,13,15-16H2,1H3,(H3,26,27)(H,28,29). The summed E-state index contributed by atoms with van der Waals surface area (Å²) in [6.45, 7) is 2.29. The van der Waals surface area contributed by atoms with Gasteiger partial charge in [-0.25, -0.2) is 4.98 Å². The van der Waals surface area contributed by atoms with Gasteiger partial charge in [-0.3, -0.25) is 10.2 Å². The van der Waals surface area contributed by atoms with E-state index in [-0.39, 0.29) is 11.4 Å². The molecule has 0 saturated heterocycles. The largest absolute Gasteiger partial charge is 0.384 e. The first kappa shape index (κ1) is 22.4. The van der Waals surface area contributed by atoms with E-state index in [1.807, 2.05) is 61.5 Å². The number of nitrogen functional groups attached to an aromatic ring is 1. The number of aryl methyl sites for hydroxylation is 1. The quantitative estimate of drug-likeness (QED) is 0.172. The number of amidine groups is 1. The Labute approximate surface area is 196 Å². The minimum atomic E-state index is -0.0756. The van der Waals surface area contributed by atoms with Crippen molar-refractivity contribution < 1.29 is 0 Å². The number of pyridine rings is 1. The molecule has 0 bridgehead atoms. The van der Waals surface area contributed by atoms with E-state index in [0.29, 0.717) is 24.2 Å². The Kier molecular flexibility index (Phi) is 6.95. The highest BCUT2D eigenvalue weighted by molar-refractivity contribution is 7.99. The van der Waals surface area contributed by atoms with Crippen LogP contribution in [-0.2, 0) is 18.7 Å². The molecule has 0 aliphatic heterocycles. The summed E-state index contributed by atoms with van der Waals surface area (Å²) >= 11 is 1.49. The molecule has 5 N–H and O–H groups in total. The maximum absolute atomic E-state index is 13.0. The molecular weight excluding hydrogens is 432 g/mol. The molecular formula is C25H26N6OS. The highest BCUT2D eigenvalue weighted by Crippen LogP contribution is 2.15. The van der Waals surface area contributed by atoms with Crippen LogP contribution in [0.1, 0.15) is 33.9 Å². The zero-order valence-corrected chi connectivity index (χ0v) is 19.2. The molecule has 33 heavy (non-hydrogen) atoms. The van der Waals surface area contributed by atoms with Crippen molar-refractivity contribution in [2.45, 2.75) is 25.6 Å². The van der Waals surface area contributed by atoms with E-state index in [0.717, 1.165) is 28.5 Å². The molecule has 168 valence electrons. The summed E-state index contributed by atoms with van der Waals surface area (Å²) in [5.74, 6) is 1.55. The molecule has 7 nitrogen and oxygen atoms in total. The van der Waals surface area contributed by atoms with E-state index in [1.165, 1.54) is 17.5 Å². The van der Waals surface area contributed by atoms with Crippen LogP contribution in [0.2, 0.25) is 0 Å². The Bertz CT molecular complexity index is 1290. The number of anilines is 1. The van der Waals surface area contributed by atoms with E-state index < -0.39 is 0 Å². The second-order valence-electron chi connectivity index (χ2n) is 7.80. The number of rotatable bonds is 9. The third kappa shape index (κ3) is 5.72. The molecule has 0 aliphatic rings. The van der Waals surface area contributed by atoms with Crippen LogP contribution in [0, 0.1) is 12.3 Å². The average Bonchev–Trinajstić information content (AvgIpc) is 3.26. The number of nitrogens with zero attached hydrogens (tertiary/aromatic N) is 2. The number of aromatic nitrogens is 3. The van der Waals surface area contributed by atoms with Gasteiger partial charge in [0.2, 0.25) is 0 Å². The lowest BCUT2D eigenvalue weighted by molar-refractivity contribution is 0.700. The lowest BCUT2D eigenvalue weighted by Crippen LogP contribution is -2.25. The van der Waals surface area contributed by atoms with Crippen LogP contribution in [0.25, 0.3) is 0 Å². The number of hydrogen-bond acceptors (Lipinski definition) is 5. The van der Waals surface area contributed by atoms with Crippen molar-refractivity contribution in [2.75, 3.05) is 4.72 Å². The SMILES string of the molecule is Cc1ccc(NSCc2ccccc2)c(=O)n1Cc1ncc(Cc2ccc(C(=N)N)cc2)[nH]1. The fraction of sp³-hybridized carbons (Fsp3) is 0.160. The molecule has 0 aliphatic carbocycles. The molecule has 8 heteroatoms. The van der Waals surface area contributed by atoms with Gasteiger partial charge in [0.25, 0.3) is 5.56 Å². The molecule has 0 fully saturated rings. The molecule has 2 aromatic heterocycles. The van der Waals surface area contributed by atoms with E-state index in [1.54, 1.807) is 10.8 Å². The summed E-state index contributed by atoms with van der Waals surface area (Å²) in [6, 6.07) is 21.5. The first-order valence-corrected chi connectivity index (χ1v) is 11.6. The predicted molar refractivity (Wildman–Crippen MR) is 135 cm³/mol. The molecule has 0 atom stereocenters. The van der Waals surface area contributed by atoms with Gasteiger partial charge in [-0.05, 0) is 42.1 Å². The van der Waals surface area contributed by atoms with Crippen molar-refractivity contribution in [1.82, 2.24) is 14.5 Å². The Morgan fingerprint density at radius 3 is 2.58 bits per heavy atom. The number of benzene rings is 2. The van der Waals surface area contributed by atoms with Gasteiger partial charge in [0.15, 0.2) is 0 Å². The minimum absolute atomic E-state index is 0.0568. The zero-order chi connectivity index (χ0) is 23.2. The van der Waals surface area contributed by atoms with Gasteiger partial charge in [-0.15, -0.1) is 0 Å². The highest BCUT2D eigenvalue weighted by atomic mass is 32.2. The van der Waals surface area contributed by atoms with Crippen LogP contribution >= 0.6 is 11.9 Å². The summed E-state index contributed by atoms with van der Waals surface area (Å²) in [5.41, 5.74) is 10.8. The zero-order valence-electron chi connectivity index (χ0n) is 18.3. The van der Waals surface area contributed by atoms with Crippen molar-refractivity contribution in [3.8, 4) is 0 Å². The number of nitrogens with two attached hydrogens (primary N) is 1. The number of aromatic amines is 1. The van der Waals surface area contributed by atoms with Gasteiger partial charge < -0.3 is 20.0 Å². The summed E-state index contributed by atoms with van der Waals surface area (Å²) in [4.78, 5) is 20.8. The van der Waals surface area contributed by atoms with E-state index in [2.05, 4.69) is 26.8 Å². The van der Waals surface area contributed by atoms with Crippen LogP contribution in [0.4, 0.5) is 5.69 Å². The summed E-state index contributed by atoms with van der Waals surface area (Å²) in [6.07, 6.45) is 2.48. The van der Waals surface area contributed by atoms with Crippen molar-refractivity contribution in [1.29, 1.82) is 5.41 Å². The topological polar surface area (TPSA) is 113 Å². The molecule has 0 saturated carbocycles. The molecule has 0 amide bonds. The molecule has 0 spiro atoms. The second-order valence-corrected chi connectivity index (χ2v) is 8.58. The van der Waals surface area contributed by atoms with Gasteiger partial charge in [0.05, 0.1) is 6.54 Å². The molecule has 2 aromatic carbocycles. The molecule has 0 radical (unpaired) electrons. The summed E-state index contributed by atoms with van der Waals surface area (Å²) in [5, 5.41) is 7.49. The molecule has 4 aromatic rings. The molecule has 4 rings (SSSR count).